The normalized spacial score (nSPS) is 31.6. The average molecular weight is 1210 g/mol. The number of aryl methyl sites for hydroxylation is 2. The minimum absolute atomic E-state index is 0.0587. The van der Waals surface area contributed by atoms with Crippen LogP contribution in [0.15, 0.2) is 72.8 Å². The Morgan fingerprint density at radius 3 is 1.35 bits per heavy atom. The molecule has 4 aromatic carbocycles. The molecule has 0 saturated heterocycles. The van der Waals surface area contributed by atoms with E-state index in [1.165, 1.54) is 22.3 Å². The second-order valence-electron chi connectivity index (χ2n) is 25.1. The maximum absolute atomic E-state index is 13.1. The quantitative estimate of drug-likeness (QED) is 0.111. The van der Waals surface area contributed by atoms with Crippen molar-refractivity contribution in [2.75, 3.05) is 73.9 Å². The third kappa shape index (κ3) is 12.1. The maximum Gasteiger partial charge on any atom is 0.264 e. The molecular formula is C62H78Cl2N4O12S2. The molecule has 8 atom stereocenters. The molecule has 2 saturated carbocycles. The number of carbonyl (C=O) groups is 2. The molecule has 4 aliphatic carbocycles. The van der Waals surface area contributed by atoms with Crippen molar-refractivity contribution in [3.05, 3.63) is 116 Å². The highest BCUT2D eigenvalue weighted by molar-refractivity contribution is 7.90. The topological polar surface area (TPSA) is 232 Å². The fraction of sp³-hybridized carbons (Fsp3) is 0.581. The molecule has 2 fully saturated rings. The number of amides is 2. The number of halogens is 2. The highest BCUT2D eigenvalue weighted by Gasteiger charge is 2.51. The number of aliphatic hydroxyl groups is 4. The highest BCUT2D eigenvalue weighted by atomic mass is 35.5. The number of hydrogen-bond acceptors (Lipinski definition) is 14. The minimum Gasteiger partial charge on any atom is -0.490 e. The standard InChI is InChI=1S/2C31H39ClN2O6S/c2*32-24-8-10-25-21(15-24)5-4-12-30(25)18-34-17-23-6-9-26(23)31(37,19-35)13-2-1-3-14-41(38,39)33-29(36)22-7-11-28(40-20-30)27(34)16-22/h2*7-8,10-11,15-16,23,26,35,37H,1-6,9,12-14,17-20H2,(H,33,36)/t23-,26+,30-,31+;23-,26+,30-,31-/m00/s1. The second kappa shape index (κ2) is 23.7. The number of fused-ring (bicyclic) bond motifs is 8. The summed E-state index contributed by atoms with van der Waals surface area (Å²) in [4.78, 5) is 30.8. The lowest BCUT2D eigenvalue weighted by Crippen LogP contribution is -2.54. The van der Waals surface area contributed by atoms with Crippen molar-refractivity contribution in [1.82, 2.24) is 9.44 Å². The Morgan fingerprint density at radius 2 is 0.963 bits per heavy atom. The van der Waals surface area contributed by atoms with Crippen LogP contribution in [0.2, 0.25) is 10.0 Å². The number of ether oxygens (including phenoxy) is 2. The fourth-order valence-electron chi connectivity index (χ4n) is 15.1. The van der Waals surface area contributed by atoms with Gasteiger partial charge in [0, 0.05) is 58.2 Å². The number of rotatable bonds is 2. The van der Waals surface area contributed by atoms with E-state index in [-0.39, 0.29) is 70.3 Å². The molecule has 4 bridgehead atoms. The Kier molecular flexibility index (Phi) is 17.0. The van der Waals surface area contributed by atoms with E-state index >= 15 is 0 Å². The number of sulfonamides is 2. The Hall–Kier alpha value is -4.66. The van der Waals surface area contributed by atoms with E-state index in [0.717, 1.165) is 85.6 Å². The molecule has 4 heterocycles. The maximum atomic E-state index is 13.1. The molecular weight excluding hydrogens is 1130 g/mol. The van der Waals surface area contributed by atoms with Crippen molar-refractivity contribution >= 4 is 66.4 Å². The van der Waals surface area contributed by atoms with Gasteiger partial charge in [-0.05, 0) is 196 Å². The van der Waals surface area contributed by atoms with Crippen LogP contribution in [-0.4, -0.2) is 124 Å². The largest absolute Gasteiger partial charge is 0.490 e. The summed E-state index contributed by atoms with van der Waals surface area (Å²) in [6, 6.07) is 22.5. The van der Waals surface area contributed by atoms with Crippen LogP contribution >= 0.6 is 23.2 Å². The molecule has 4 aromatic rings. The van der Waals surface area contributed by atoms with Gasteiger partial charge in [0.2, 0.25) is 20.0 Å². The summed E-state index contributed by atoms with van der Waals surface area (Å²) in [5, 5.41) is 45.1. The molecule has 16 nitrogen and oxygen atoms in total. The van der Waals surface area contributed by atoms with Crippen LogP contribution in [0.25, 0.3) is 0 Å². The number of anilines is 2. The molecule has 82 heavy (non-hydrogen) atoms. The van der Waals surface area contributed by atoms with E-state index in [4.69, 9.17) is 32.7 Å². The Bertz CT molecular complexity index is 3080. The number of aliphatic hydroxyl groups excluding tert-OH is 2. The molecule has 2 amide bonds. The number of hydrogen-bond donors (Lipinski definition) is 6. The van der Waals surface area contributed by atoms with Crippen molar-refractivity contribution in [2.24, 2.45) is 23.7 Å². The fourth-order valence-corrected chi connectivity index (χ4v) is 17.7. The van der Waals surface area contributed by atoms with Crippen LogP contribution < -0.4 is 28.7 Å². The van der Waals surface area contributed by atoms with E-state index in [0.29, 0.717) is 102 Å². The number of benzene rings is 4. The van der Waals surface area contributed by atoms with E-state index in [1.54, 1.807) is 36.4 Å². The van der Waals surface area contributed by atoms with Gasteiger partial charge in [-0.2, -0.15) is 0 Å². The first kappa shape index (κ1) is 59.1. The molecule has 0 aromatic heterocycles. The van der Waals surface area contributed by atoms with Gasteiger partial charge in [-0.1, -0.05) is 61.0 Å². The zero-order valence-electron chi connectivity index (χ0n) is 46.6. The molecule has 12 rings (SSSR count). The number of nitrogens with zero attached hydrogens (tertiary/aromatic N) is 2. The average Bonchev–Trinajstić information content (AvgIpc) is 2.68. The van der Waals surface area contributed by atoms with Crippen LogP contribution in [0, 0.1) is 23.7 Å². The van der Waals surface area contributed by atoms with E-state index in [1.807, 2.05) is 12.1 Å². The van der Waals surface area contributed by atoms with Crippen molar-refractivity contribution in [2.45, 2.75) is 138 Å². The monoisotopic (exact) mass is 1200 g/mol. The summed E-state index contributed by atoms with van der Waals surface area (Å²) < 4.78 is 68.2. The molecule has 4 aliphatic heterocycles. The van der Waals surface area contributed by atoms with Crippen molar-refractivity contribution < 1.29 is 56.3 Å². The number of nitrogens with one attached hydrogen (secondary N) is 2. The second-order valence-corrected chi connectivity index (χ2v) is 29.7. The van der Waals surface area contributed by atoms with Gasteiger partial charge in [-0.25, -0.2) is 26.3 Å². The molecule has 444 valence electrons. The summed E-state index contributed by atoms with van der Waals surface area (Å²) in [6.45, 7) is 2.89. The van der Waals surface area contributed by atoms with E-state index in [9.17, 15) is 46.9 Å². The van der Waals surface area contributed by atoms with E-state index in [2.05, 4.69) is 43.5 Å². The summed E-state index contributed by atoms with van der Waals surface area (Å²) in [6.07, 6.45) is 13.3. The van der Waals surface area contributed by atoms with Crippen molar-refractivity contribution in [3.8, 4) is 11.5 Å². The van der Waals surface area contributed by atoms with Gasteiger partial charge in [0.1, 0.15) is 11.5 Å². The van der Waals surface area contributed by atoms with Gasteiger partial charge in [0.15, 0.2) is 0 Å². The summed E-state index contributed by atoms with van der Waals surface area (Å²) >= 11 is 12.7. The molecule has 0 radical (unpaired) electrons. The first-order valence-corrected chi connectivity index (χ1v) is 33.7. The van der Waals surface area contributed by atoms with Gasteiger partial charge >= 0.3 is 0 Å². The third-order valence-electron chi connectivity index (χ3n) is 19.8. The van der Waals surface area contributed by atoms with Gasteiger partial charge < -0.3 is 39.7 Å². The van der Waals surface area contributed by atoms with Crippen LogP contribution in [0.1, 0.15) is 146 Å². The van der Waals surface area contributed by atoms with Crippen LogP contribution in [0.5, 0.6) is 11.5 Å². The first-order chi connectivity index (χ1) is 39.2. The molecule has 20 heteroatoms. The highest BCUT2D eigenvalue weighted by Crippen LogP contribution is 2.51. The smallest absolute Gasteiger partial charge is 0.264 e. The first-order valence-electron chi connectivity index (χ1n) is 29.6. The van der Waals surface area contributed by atoms with Crippen LogP contribution in [0.3, 0.4) is 0 Å². The summed E-state index contributed by atoms with van der Waals surface area (Å²) in [7, 11) is -7.64. The molecule has 0 unspecified atom stereocenters. The zero-order chi connectivity index (χ0) is 57.7. The zero-order valence-corrected chi connectivity index (χ0v) is 49.7. The molecule has 8 aliphatic rings. The summed E-state index contributed by atoms with van der Waals surface area (Å²) in [5.74, 6) is -0.131. The minimum atomic E-state index is -3.82. The van der Waals surface area contributed by atoms with Gasteiger partial charge in [-0.3, -0.25) is 9.59 Å². The Labute approximate surface area is 492 Å². The van der Waals surface area contributed by atoms with Crippen LogP contribution in [0.4, 0.5) is 11.4 Å². The van der Waals surface area contributed by atoms with Gasteiger partial charge in [0.05, 0.1) is 60.5 Å². The van der Waals surface area contributed by atoms with Crippen molar-refractivity contribution in [1.29, 1.82) is 0 Å². The third-order valence-corrected chi connectivity index (χ3v) is 22.9. The van der Waals surface area contributed by atoms with Crippen LogP contribution in [-0.2, 0) is 43.7 Å². The molecule has 2 spiro atoms. The Morgan fingerprint density at radius 1 is 0.537 bits per heavy atom. The predicted octanol–water partition coefficient (Wildman–Crippen LogP) is 8.39. The van der Waals surface area contributed by atoms with Gasteiger partial charge in [0.25, 0.3) is 11.8 Å². The predicted molar refractivity (Wildman–Crippen MR) is 316 cm³/mol. The SMILES string of the molecule is O=C1NS(=O)(=O)CCCCC[C@@](O)(CO)[C@@H]2CC[C@H]2CN2C[C@@]3(CCCc4cc(Cl)ccc43)COc3ccc1cc32.O=C1NS(=O)(=O)CCCCC[C@](O)(CO)[C@@H]2CC[C@H]2CN2C[C@@]3(CCCc4cc(Cl)ccc43)COc3ccc1cc32. The Balaban J connectivity index is 0.000000172. The van der Waals surface area contributed by atoms with Gasteiger partial charge in [-0.15, -0.1) is 0 Å². The molecule has 6 N–H and O–H groups in total. The lowest BCUT2D eigenvalue weighted by molar-refractivity contribution is -0.117. The summed E-state index contributed by atoms with van der Waals surface area (Å²) in [5.41, 5.74) is 3.95. The van der Waals surface area contributed by atoms with E-state index < -0.39 is 43.1 Å². The lowest BCUT2D eigenvalue weighted by atomic mass is 9.63. The lowest BCUT2D eigenvalue weighted by Gasteiger charge is -2.49. The number of carbonyl (C=O) groups excluding carboxylic acids is 2. The van der Waals surface area contributed by atoms with Crippen molar-refractivity contribution in [3.63, 3.8) is 0 Å².